The lowest BCUT2D eigenvalue weighted by Crippen LogP contribution is -2.36. The molecule has 0 saturated heterocycles. The Morgan fingerprint density at radius 3 is 2.75 bits per heavy atom. The third kappa shape index (κ3) is 3.90. The van der Waals surface area contributed by atoms with E-state index in [0.29, 0.717) is 16.6 Å². The minimum Gasteiger partial charge on any atom is -0.330 e. The van der Waals surface area contributed by atoms with E-state index in [4.69, 9.17) is 17.3 Å². The lowest BCUT2D eigenvalue weighted by molar-refractivity contribution is 0.157. The topological polar surface area (TPSA) is 38.9 Å². The molecule has 0 radical (unpaired) electrons. The Labute approximate surface area is 131 Å². The van der Waals surface area contributed by atoms with E-state index >= 15 is 0 Å². The quantitative estimate of drug-likeness (QED) is 0.885. The van der Waals surface area contributed by atoms with Gasteiger partial charge in [0.25, 0.3) is 0 Å². The summed E-state index contributed by atoms with van der Waals surface area (Å²) < 4.78 is 0. The van der Waals surface area contributed by atoms with Crippen molar-refractivity contribution in [3.05, 3.63) is 23.4 Å². The number of nitrogens with zero attached hydrogens (tertiary/aromatic N) is 1. The third-order valence-electron chi connectivity index (χ3n) is 4.44. The summed E-state index contributed by atoms with van der Waals surface area (Å²) >= 11 is 8.07. The van der Waals surface area contributed by atoms with E-state index in [0.717, 1.165) is 22.5 Å². The average Bonchev–Trinajstić information content (AvgIpc) is 2.40. The summed E-state index contributed by atoms with van der Waals surface area (Å²) in [5.74, 6) is 1.34. The van der Waals surface area contributed by atoms with Gasteiger partial charge in [0.05, 0.1) is 5.02 Å². The van der Waals surface area contributed by atoms with Gasteiger partial charge in [-0.1, -0.05) is 32.4 Å². The molecule has 1 aromatic heterocycles. The van der Waals surface area contributed by atoms with Crippen molar-refractivity contribution in [2.75, 3.05) is 6.54 Å². The van der Waals surface area contributed by atoms with Crippen molar-refractivity contribution in [1.29, 1.82) is 0 Å². The molecule has 2 N–H and O–H groups in total. The smallest absolute Gasteiger partial charge is 0.115 e. The van der Waals surface area contributed by atoms with Crippen LogP contribution in [0.15, 0.2) is 23.4 Å². The summed E-state index contributed by atoms with van der Waals surface area (Å²) in [7, 11) is 0. The van der Waals surface area contributed by atoms with Crippen LogP contribution in [0, 0.1) is 17.3 Å². The van der Waals surface area contributed by atoms with Gasteiger partial charge in [-0.05, 0) is 55.2 Å². The second kappa shape index (κ2) is 6.67. The van der Waals surface area contributed by atoms with E-state index in [1.807, 2.05) is 30.1 Å². The Kier molecular flexibility index (Phi) is 5.38. The first-order chi connectivity index (χ1) is 9.41. The number of pyridine rings is 1. The zero-order valence-electron chi connectivity index (χ0n) is 12.6. The van der Waals surface area contributed by atoms with Crippen molar-refractivity contribution >= 4 is 23.4 Å². The van der Waals surface area contributed by atoms with Crippen LogP contribution in [-0.4, -0.2) is 16.8 Å². The van der Waals surface area contributed by atoms with Gasteiger partial charge in [-0.3, -0.25) is 0 Å². The highest BCUT2D eigenvalue weighted by atomic mass is 35.5. The van der Waals surface area contributed by atoms with Gasteiger partial charge in [-0.15, -0.1) is 11.8 Å². The predicted octanol–water partition coefficient (Wildman–Crippen LogP) is 4.62. The standard InChI is InChI=1S/C16H25ClN2S/c1-16(2,3)12-7-6-11(10-18)14(9-12)20-15-13(17)5-4-8-19-15/h4-5,8,11-12,14H,6-7,9-10,18H2,1-3H3. The number of hydrogen-bond donors (Lipinski definition) is 1. The van der Waals surface area contributed by atoms with Gasteiger partial charge < -0.3 is 5.73 Å². The summed E-state index contributed by atoms with van der Waals surface area (Å²) in [6.07, 6.45) is 5.54. The Bertz CT molecular complexity index is 444. The van der Waals surface area contributed by atoms with E-state index in [2.05, 4.69) is 25.8 Å². The van der Waals surface area contributed by atoms with Gasteiger partial charge in [0, 0.05) is 11.4 Å². The molecule has 0 amide bonds. The minimum atomic E-state index is 0.367. The summed E-state index contributed by atoms with van der Waals surface area (Å²) in [5.41, 5.74) is 6.34. The number of hydrogen-bond acceptors (Lipinski definition) is 3. The summed E-state index contributed by atoms with van der Waals surface area (Å²) in [5, 5.41) is 2.24. The monoisotopic (exact) mass is 312 g/mol. The Morgan fingerprint density at radius 2 is 2.15 bits per heavy atom. The molecule has 0 bridgehead atoms. The fraction of sp³-hybridized carbons (Fsp3) is 0.688. The molecule has 0 spiro atoms. The van der Waals surface area contributed by atoms with Crippen molar-refractivity contribution in [3.8, 4) is 0 Å². The summed E-state index contributed by atoms with van der Waals surface area (Å²) in [6.45, 7) is 7.79. The molecule has 3 atom stereocenters. The maximum absolute atomic E-state index is 6.25. The van der Waals surface area contributed by atoms with Crippen molar-refractivity contribution in [2.24, 2.45) is 23.0 Å². The maximum Gasteiger partial charge on any atom is 0.115 e. The van der Waals surface area contributed by atoms with Crippen LogP contribution in [0.2, 0.25) is 5.02 Å². The predicted molar refractivity (Wildman–Crippen MR) is 88.2 cm³/mol. The number of halogens is 1. The largest absolute Gasteiger partial charge is 0.330 e. The van der Waals surface area contributed by atoms with Gasteiger partial charge in [0.1, 0.15) is 5.03 Å². The highest BCUT2D eigenvalue weighted by Crippen LogP contribution is 2.45. The van der Waals surface area contributed by atoms with Crippen molar-refractivity contribution < 1.29 is 0 Å². The first kappa shape index (κ1) is 16.1. The number of aromatic nitrogens is 1. The number of nitrogens with two attached hydrogens (primary N) is 1. The summed E-state index contributed by atoms with van der Waals surface area (Å²) in [4.78, 5) is 4.42. The molecule has 2 nitrogen and oxygen atoms in total. The molecule has 1 saturated carbocycles. The Morgan fingerprint density at radius 1 is 1.40 bits per heavy atom. The van der Waals surface area contributed by atoms with E-state index in [1.54, 1.807) is 0 Å². The lowest BCUT2D eigenvalue weighted by Gasteiger charge is -2.41. The molecule has 1 aromatic rings. The van der Waals surface area contributed by atoms with Gasteiger partial charge in [0.2, 0.25) is 0 Å². The van der Waals surface area contributed by atoms with Crippen LogP contribution < -0.4 is 5.73 Å². The molecule has 20 heavy (non-hydrogen) atoms. The second-order valence-electron chi connectivity index (χ2n) is 6.82. The van der Waals surface area contributed by atoms with Crippen molar-refractivity contribution in [3.63, 3.8) is 0 Å². The zero-order valence-corrected chi connectivity index (χ0v) is 14.2. The number of thioether (sulfide) groups is 1. The molecule has 1 aliphatic carbocycles. The van der Waals surface area contributed by atoms with Gasteiger partial charge in [0.15, 0.2) is 0 Å². The molecule has 1 fully saturated rings. The van der Waals surface area contributed by atoms with Crippen molar-refractivity contribution in [2.45, 2.75) is 50.3 Å². The SMILES string of the molecule is CC(C)(C)C1CCC(CN)C(Sc2ncccc2Cl)C1. The lowest BCUT2D eigenvalue weighted by atomic mass is 9.69. The van der Waals surface area contributed by atoms with Gasteiger partial charge in [-0.2, -0.15) is 0 Å². The van der Waals surface area contributed by atoms with Crippen molar-refractivity contribution in [1.82, 2.24) is 4.98 Å². The first-order valence-electron chi connectivity index (χ1n) is 7.39. The molecule has 1 heterocycles. The number of rotatable bonds is 3. The molecular formula is C16H25ClN2S. The van der Waals surface area contributed by atoms with Crippen LogP contribution in [0.5, 0.6) is 0 Å². The van der Waals surface area contributed by atoms with E-state index in [1.165, 1.54) is 19.3 Å². The molecule has 1 aliphatic rings. The van der Waals surface area contributed by atoms with E-state index < -0.39 is 0 Å². The zero-order chi connectivity index (χ0) is 14.8. The third-order valence-corrected chi connectivity index (χ3v) is 6.29. The molecule has 4 heteroatoms. The summed E-state index contributed by atoms with van der Waals surface area (Å²) in [6, 6.07) is 3.80. The van der Waals surface area contributed by atoms with Crippen LogP contribution in [0.3, 0.4) is 0 Å². The molecule has 3 unspecified atom stereocenters. The van der Waals surface area contributed by atoms with Crippen LogP contribution in [-0.2, 0) is 0 Å². The fourth-order valence-electron chi connectivity index (χ4n) is 2.99. The molecule has 2 rings (SSSR count). The van der Waals surface area contributed by atoms with Crippen LogP contribution >= 0.6 is 23.4 Å². The molecule has 0 aliphatic heterocycles. The van der Waals surface area contributed by atoms with Gasteiger partial charge >= 0.3 is 0 Å². The van der Waals surface area contributed by atoms with E-state index in [-0.39, 0.29) is 0 Å². The first-order valence-corrected chi connectivity index (χ1v) is 8.65. The molecule has 112 valence electrons. The minimum absolute atomic E-state index is 0.367. The highest BCUT2D eigenvalue weighted by Gasteiger charge is 2.36. The second-order valence-corrected chi connectivity index (χ2v) is 8.45. The average molecular weight is 313 g/mol. The fourth-order valence-corrected chi connectivity index (χ4v) is 4.61. The van der Waals surface area contributed by atoms with Gasteiger partial charge in [-0.25, -0.2) is 4.98 Å². The van der Waals surface area contributed by atoms with Crippen LogP contribution in [0.1, 0.15) is 40.0 Å². The van der Waals surface area contributed by atoms with Crippen LogP contribution in [0.25, 0.3) is 0 Å². The normalized spacial score (nSPS) is 27.6. The Balaban J connectivity index is 2.12. The molecule has 0 aromatic carbocycles. The van der Waals surface area contributed by atoms with E-state index in [9.17, 15) is 0 Å². The van der Waals surface area contributed by atoms with Crippen LogP contribution in [0.4, 0.5) is 0 Å². The maximum atomic E-state index is 6.25. The Hall–Kier alpha value is -0.250. The molecular weight excluding hydrogens is 288 g/mol. The highest BCUT2D eigenvalue weighted by molar-refractivity contribution is 8.00.